The Labute approximate surface area is 143 Å². The molecule has 3 heteroatoms. The molecule has 7 fully saturated rings. The molecule has 24 heavy (non-hydrogen) atoms. The van der Waals surface area contributed by atoms with Crippen LogP contribution in [-0.2, 0) is 9.53 Å². The van der Waals surface area contributed by atoms with Gasteiger partial charge in [-0.25, -0.2) is 0 Å². The van der Waals surface area contributed by atoms with E-state index < -0.39 is 0 Å². The standard InChI is InChI=1S/C21H28O3/c1-7(22)24-21-14-9-4-2-3-8(9)13-17(14)18-15(21)10-5-6-11-12(10)16(18)19(13)20(11)23/h8-21,23H,2-6H2,1H3/t8-,9+,10+,11+,12-,13-,14+,15+,16+,17+,18-,19-,20+,21+/m0/s1. The number of aliphatic hydroxyl groups excluding tert-OH is 1. The van der Waals surface area contributed by atoms with Crippen molar-refractivity contribution in [2.24, 2.45) is 71.0 Å². The maximum absolute atomic E-state index is 11.9. The van der Waals surface area contributed by atoms with Gasteiger partial charge in [-0.2, -0.15) is 0 Å². The summed E-state index contributed by atoms with van der Waals surface area (Å²) in [5.74, 6) is 8.67. The minimum atomic E-state index is -0.0545. The zero-order valence-corrected chi connectivity index (χ0v) is 14.4. The predicted octanol–water partition coefficient (Wildman–Crippen LogP) is 2.72. The van der Waals surface area contributed by atoms with Crippen LogP contribution in [0.25, 0.3) is 0 Å². The van der Waals surface area contributed by atoms with Crippen molar-refractivity contribution in [1.29, 1.82) is 0 Å². The zero-order chi connectivity index (χ0) is 15.9. The molecule has 7 aliphatic carbocycles. The van der Waals surface area contributed by atoms with E-state index in [2.05, 4.69) is 0 Å². The van der Waals surface area contributed by atoms with Gasteiger partial charge in [-0.1, -0.05) is 6.42 Å². The van der Waals surface area contributed by atoms with Gasteiger partial charge in [0.05, 0.1) is 6.10 Å². The van der Waals surface area contributed by atoms with Gasteiger partial charge in [-0.05, 0) is 84.9 Å². The van der Waals surface area contributed by atoms with Crippen LogP contribution < -0.4 is 0 Å². The quantitative estimate of drug-likeness (QED) is 0.753. The first-order valence-electron chi connectivity index (χ1n) is 10.5. The Morgan fingerprint density at radius 2 is 1.38 bits per heavy atom. The van der Waals surface area contributed by atoms with Gasteiger partial charge < -0.3 is 9.84 Å². The second kappa shape index (κ2) is 4.05. The minimum Gasteiger partial charge on any atom is -0.462 e. The molecule has 130 valence electrons. The molecule has 0 unspecified atom stereocenters. The Balaban J connectivity index is 1.42. The maximum atomic E-state index is 11.9. The molecule has 0 amide bonds. The molecule has 7 saturated carbocycles. The van der Waals surface area contributed by atoms with Crippen LogP contribution in [0.15, 0.2) is 0 Å². The lowest BCUT2D eigenvalue weighted by Crippen LogP contribution is -2.35. The zero-order valence-electron chi connectivity index (χ0n) is 14.4. The maximum Gasteiger partial charge on any atom is 0.302 e. The number of carbonyl (C=O) groups excluding carboxylic acids is 1. The summed E-state index contributed by atoms with van der Waals surface area (Å²) in [6.45, 7) is 1.62. The Morgan fingerprint density at radius 3 is 2.17 bits per heavy atom. The van der Waals surface area contributed by atoms with E-state index in [-0.39, 0.29) is 18.2 Å². The lowest BCUT2D eigenvalue weighted by molar-refractivity contribution is -0.152. The average molecular weight is 328 g/mol. The topological polar surface area (TPSA) is 46.5 Å². The Hall–Kier alpha value is -0.570. The fourth-order valence-corrected chi connectivity index (χ4v) is 10.7. The molecule has 0 aromatic carbocycles. The third kappa shape index (κ3) is 1.20. The van der Waals surface area contributed by atoms with Crippen molar-refractivity contribution in [2.45, 2.75) is 51.2 Å². The molecule has 0 saturated heterocycles. The summed E-state index contributed by atoms with van der Waals surface area (Å²) in [5, 5.41) is 11.2. The van der Waals surface area contributed by atoms with Crippen LogP contribution in [0.1, 0.15) is 39.0 Å². The number of hydrogen-bond donors (Lipinski definition) is 1. The first-order chi connectivity index (χ1) is 11.7. The summed E-state index contributed by atoms with van der Waals surface area (Å²) in [6, 6.07) is 0. The fourth-order valence-electron chi connectivity index (χ4n) is 10.7. The molecule has 1 N–H and O–H groups in total. The molecule has 0 spiro atoms. The van der Waals surface area contributed by atoms with Gasteiger partial charge in [0.2, 0.25) is 0 Å². The van der Waals surface area contributed by atoms with Gasteiger partial charge in [0.15, 0.2) is 0 Å². The summed E-state index contributed by atoms with van der Waals surface area (Å²) >= 11 is 0. The van der Waals surface area contributed by atoms with Crippen molar-refractivity contribution in [2.75, 3.05) is 0 Å². The highest BCUT2D eigenvalue weighted by atomic mass is 16.5. The predicted molar refractivity (Wildman–Crippen MR) is 86.5 cm³/mol. The minimum absolute atomic E-state index is 0.00581. The summed E-state index contributed by atoms with van der Waals surface area (Å²) in [6.07, 6.45) is 6.82. The van der Waals surface area contributed by atoms with Gasteiger partial charge in [0.1, 0.15) is 6.10 Å². The summed E-state index contributed by atoms with van der Waals surface area (Å²) in [4.78, 5) is 11.9. The van der Waals surface area contributed by atoms with Crippen LogP contribution in [0.4, 0.5) is 0 Å². The molecule has 7 aliphatic rings. The molecule has 0 bridgehead atoms. The Bertz CT molecular complexity index is 625. The summed E-state index contributed by atoms with van der Waals surface area (Å²) in [5.41, 5.74) is 0. The van der Waals surface area contributed by atoms with Gasteiger partial charge >= 0.3 is 5.97 Å². The van der Waals surface area contributed by atoms with E-state index in [0.29, 0.717) is 23.7 Å². The Kier molecular flexibility index (Phi) is 2.30. The Morgan fingerprint density at radius 1 is 0.750 bits per heavy atom. The molecule has 0 radical (unpaired) electrons. The van der Waals surface area contributed by atoms with E-state index in [1.54, 1.807) is 6.92 Å². The first kappa shape index (κ1) is 13.6. The van der Waals surface area contributed by atoms with Crippen molar-refractivity contribution in [3.8, 4) is 0 Å². The van der Waals surface area contributed by atoms with Crippen LogP contribution >= 0.6 is 0 Å². The van der Waals surface area contributed by atoms with E-state index in [4.69, 9.17) is 4.74 Å². The molecule has 0 aromatic heterocycles. The fraction of sp³-hybridized carbons (Fsp3) is 0.952. The number of rotatable bonds is 1. The van der Waals surface area contributed by atoms with Crippen LogP contribution in [0.3, 0.4) is 0 Å². The molecule has 0 aliphatic heterocycles. The van der Waals surface area contributed by atoms with E-state index in [0.717, 1.165) is 47.3 Å². The van der Waals surface area contributed by atoms with E-state index in [9.17, 15) is 9.90 Å². The number of esters is 1. The second-order valence-corrected chi connectivity index (χ2v) is 10.3. The molecule has 0 heterocycles. The SMILES string of the molecule is CC(=O)O[C@H]1[C@@H]2[C@@H]3CC[C@H]4[C@@H](O)[C@H]5[C@H]6[C@H]7CCC[C@H]7[C@@H]1[C@@H]6[C@@H]2[C@H]5[C@@H]34. The number of aliphatic hydroxyl groups is 1. The largest absolute Gasteiger partial charge is 0.462 e. The highest BCUT2D eigenvalue weighted by Gasteiger charge is 2.81. The molecule has 3 nitrogen and oxygen atoms in total. The number of carbonyl (C=O) groups is 1. The van der Waals surface area contributed by atoms with Crippen molar-refractivity contribution < 1.29 is 14.6 Å². The van der Waals surface area contributed by atoms with E-state index in [1.807, 2.05) is 0 Å². The van der Waals surface area contributed by atoms with Crippen molar-refractivity contribution >= 4 is 5.97 Å². The van der Waals surface area contributed by atoms with Gasteiger partial charge in [0.25, 0.3) is 0 Å². The lowest BCUT2D eigenvalue weighted by Gasteiger charge is -2.31. The highest BCUT2D eigenvalue weighted by molar-refractivity contribution is 5.66. The monoisotopic (exact) mass is 328 g/mol. The summed E-state index contributed by atoms with van der Waals surface area (Å²) in [7, 11) is 0. The van der Waals surface area contributed by atoms with Crippen molar-refractivity contribution in [1.82, 2.24) is 0 Å². The average Bonchev–Trinajstić information content (AvgIpc) is 3.27. The van der Waals surface area contributed by atoms with Crippen LogP contribution in [0, 0.1) is 71.0 Å². The molecule has 7 rings (SSSR count). The first-order valence-corrected chi connectivity index (χ1v) is 10.5. The van der Waals surface area contributed by atoms with E-state index in [1.165, 1.54) is 32.1 Å². The number of ether oxygens (including phenoxy) is 1. The number of hydrogen-bond acceptors (Lipinski definition) is 3. The lowest BCUT2D eigenvalue weighted by atomic mass is 9.77. The second-order valence-electron chi connectivity index (χ2n) is 10.3. The smallest absolute Gasteiger partial charge is 0.302 e. The molecular weight excluding hydrogens is 300 g/mol. The molecule has 14 atom stereocenters. The third-order valence-corrected chi connectivity index (χ3v) is 10.4. The number of fused-ring (bicyclic) bond motifs is 5. The normalized spacial score (nSPS) is 69.4. The van der Waals surface area contributed by atoms with Gasteiger partial charge in [0, 0.05) is 18.8 Å². The van der Waals surface area contributed by atoms with Crippen LogP contribution in [-0.4, -0.2) is 23.3 Å². The third-order valence-electron chi connectivity index (χ3n) is 10.4. The van der Waals surface area contributed by atoms with Crippen LogP contribution in [0.5, 0.6) is 0 Å². The van der Waals surface area contributed by atoms with Gasteiger partial charge in [-0.15, -0.1) is 0 Å². The highest BCUT2D eigenvalue weighted by Crippen LogP contribution is 2.82. The van der Waals surface area contributed by atoms with Gasteiger partial charge in [-0.3, -0.25) is 4.79 Å². The van der Waals surface area contributed by atoms with Crippen molar-refractivity contribution in [3.63, 3.8) is 0 Å². The van der Waals surface area contributed by atoms with E-state index >= 15 is 0 Å². The van der Waals surface area contributed by atoms with Crippen molar-refractivity contribution in [3.05, 3.63) is 0 Å². The summed E-state index contributed by atoms with van der Waals surface area (Å²) < 4.78 is 6.10. The van der Waals surface area contributed by atoms with Crippen LogP contribution in [0.2, 0.25) is 0 Å². The molecular formula is C21H28O3. The molecule has 0 aromatic rings.